The molecule has 0 aliphatic carbocycles. The van der Waals surface area contributed by atoms with E-state index in [2.05, 4.69) is 15.9 Å². The summed E-state index contributed by atoms with van der Waals surface area (Å²) in [5, 5.41) is 0. The molecule has 0 atom stereocenters. The third-order valence-corrected chi connectivity index (χ3v) is 4.16. The molecule has 2 rings (SSSR count). The van der Waals surface area contributed by atoms with Gasteiger partial charge in [-0.1, -0.05) is 53.2 Å². The molecule has 0 bridgehead atoms. The molecule has 27 heavy (non-hydrogen) atoms. The maximum Gasteiger partial charge on any atom is 0.410 e. The van der Waals surface area contributed by atoms with Crippen molar-refractivity contribution in [3.05, 3.63) is 64.1 Å². The Morgan fingerprint density at radius 3 is 2.41 bits per heavy atom. The van der Waals surface area contributed by atoms with Crippen LogP contribution in [-0.2, 0) is 17.9 Å². The average Bonchev–Trinajstić information content (AvgIpc) is 2.58. The molecule has 146 valence electrons. The van der Waals surface area contributed by atoms with E-state index in [0.29, 0.717) is 19.7 Å². The van der Waals surface area contributed by atoms with Crippen molar-refractivity contribution >= 4 is 22.0 Å². The number of amides is 1. The first kappa shape index (κ1) is 21.3. The van der Waals surface area contributed by atoms with Crippen molar-refractivity contribution < 1.29 is 14.3 Å². The van der Waals surface area contributed by atoms with Crippen molar-refractivity contribution in [2.45, 2.75) is 52.9 Å². The molecule has 5 heteroatoms. The van der Waals surface area contributed by atoms with Crippen LogP contribution in [-0.4, -0.2) is 23.1 Å². The number of halogens is 1. The van der Waals surface area contributed by atoms with Gasteiger partial charge in [0.2, 0.25) is 0 Å². The van der Waals surface area contributed by atoms with Gasteiger partial charge in [0.25, 0.3) is 0 Å². The lowest BCUT2D eigenvalue weighted by atomic mass is 10.2. The maximum atomic E-state index is 12.5. The number of rotatable bonds is 7. The van der Waals surface area contributed by atoms with Crippen LogP contribution >= 0.6 is 15.9 Å². The Balaban J connectivity index is 2.09. The lowest BCUT2D eigenvalue weighted by Gasteiger charge is -2.27. The van der Waals surface area contributed by atoms with E-state index in [1.807, 2.05) is 76.2 Å². The monoisotopic (exact) mass is 433 g/mol. The van der Waals surface area contributed by atoms with Crippen LogP contribution in [0.1, 0.15) is 45.2 Å². The van der Waals surface area contributed by atoms with Gasteiger partial charge >= 0.3 is 6.09 Å². The average molecular weight is 434 g/mol. The zero-order valence-electron chi connectivity index (χ0n) is 16.5. The maximum absolute atomic E-state index is 12.5. The number of carbonyl (C=O) groups is 1. The van der Waals surface area contributed by atoms with E-state index in [1.54, 1.807) is 4.90 Å². The Bertz CT molecular complexity index is 741. The fourth-order valence-electron chi connectivity index (χ4n) is 2.59. The van der Waals surface area contributed by atoms with Gasteiger partial charge in [-0.05, 0) is 56.5 Å². The number of ether oxygens (including phenoxy) is 2. The molecule has 4 nitrogen and oxygen atoms in total. The fraction of sp³-hybridized carbons (Fsp3) is 0.409. The van der Waals surface area contributed by atoms with Gasteiger partial charge in [-0.2, -0.15) is 0 Å². The zero-order chi connectivity index (χ0) is 19.9. The number of nitrogens with zero attached hydrogens (tertiary/aromatic N) is 1. The topological polar surface area (TPSA) is 38.8 Å². The molecule has 0 saturated carbocycles. The van der Waals surface area contributed by atoms with Crippen molar-refractivity contribution in [2.24, 2.45) is 0 Å². The van der Waals surface area contributed by atoms with Crippen molar-refractivity contribution in [3.63, 3.8) is 0 Å². The Morgan fingerprint density at radius 2 is 1.78 bits per heavy atom. The van der Waals surface area contributed by atoms with Crippen molar-refractivity contribution in [1.29, 1.82) is 0 Å². The van der Waals surface area contributed by atoms with Crippen LogP contribution in [0.15, 0.2) is 53.0 Å². The van der Waals surface area contributed by atoms with Gasteiger partial charge in [0.1, 0.15) is 18.0 Å². The molecule has 0 N–H and O–H groups in total. The van der Waals surface area contributed by atoms with Crippen LogP contribution in [0.4, 0.5) is 4.79 Å². The third kappa shape index (κ3) is 7.63. The second-order valence-corrected chi connectivity index (χ2v) is 8.39. The predicted octanol–water partition coefficient (Wildman–Crippen LogP) is 6.18. The molecular weight excluding hydrogens is 406 g/mol. The van der Waals surface area contributed by atoms with E-state index >= 15 is 0 Å². The Labute approximate surface area is 170 Å². The van der Waals surface area contributed by atoms with Gasteiger partial charge in [-0.15, -0.1) is 0 Å². The highest BCUT2D eigenvalue weighted by Crippen LogP contribution is 2.24. The highest BCUT2D eigenvalue weighted by molar-refractivity contribution is 9.10. The van der Waals surface area contributed by atoms with Gasteiger partial charge in [0, 0.05) is 17.6 Å². The number of benzene rings is 2. The largest absolute Gasteiger partial charge is 0.489 e. The van der Waals surface area contributed by atoms with Crippen molar-refractivity contribution in [3.8, 4) is 5.75 Å². The van der Waals surface area contributed by atoms with E-state index < -0.39 is 5.60 Å². The Kier molecular flexibility index (Phi) is 7.72. The first-order valence-corrected chi connectivity index (χ1v) is 10.0. The van der Waals surface area contributed by atoms with Gasteiger partial charge in [0.05, 0.1) is 0 Å². The predicted molar refractivity (Wildman–Crippen MR) is 112 cm³/mol. The Hall–Kier alpha value is -2.01. The van der Waals surface area contributed by atoms with Crippen LogP contribution in [0.5, 0.6) is 5.75 Å². The summed E-state index contributed by atoms with van der Waals surface area (Å²) in [6, 6.07) is 15.9. The molecule has 2 aromatic carbocycles. The standard InChI is InChI=1S/C22H28BrNO3/c1-5-11-24(21(25)27-22(2,3)4)15-18-12-19(23)14-20(13-18)26-16-17-9-7-6-8-10-17/h6-10,12-14H,5,11,15-16H2,1-4H3. The summed E-state index contributed by atoms with van der Waals surface area (Å²) in [6.07, 6.45) is 0.570. The van der Waals surface area contributed by atoms with Gasteiger partial charge in [0.15, 0.2) is 0 Å². The molecule has 0 fully saturated rings. The molecule has 0 aliphatic rings. The van der Waals surface area contributed by atoms with E-state index in [0.717, 1.165) is 27.8 Å². The molecule has 0 heterocycles. The summed E-state index contributed by atoms with van der Waals surface area (Å²) in [6.45, 7) is 9.30. The lowest BCUT2D eigenvalue weighted by Crippen LogP contribution is -2.36. The minimum atomic E-state index is -0.510. The summed E-state index contributed by atoms with van der Waals surface area (Å²) in [5.41, 5.74) is 1.59. The highest BCUT2D eigenvalue weighted by Gasteiger charge is 2.22. The van der Waals surface area contributed by atoms with Gasteiger partial charge in [-0.25, -0.2) is 4.79 Å². The molecule has 0 radical (unpaired) electrons. The second-order valence-electron chi connectivity index (χ2n) is 7.47. The number of hydrogen-bond donors (Lipinski definition) is 0. The summed E-state index contributed by atoms with van der Waals surface area (Å²) >= 11 is 3.54. The summed E-state index contributed by atoms with van der Waals surface area (Å²) in [4.78, 5) is 14.2. The smallest absolute Gasteiger partial charge is 0.410 e. The van der Waals surface area contributed by atoms with E-state index in [4.69, 9.17) is 9.47 Å². The van der Waals surface area contributed by atoms with Crippen molar-refractivity contribution in [1.82, 2.24) is 4.90 Å². The molecule has 0 saturated heterocycles. The number of hydrogen-bond acceptors (Lipinski definition) is 3. The highest BCUT2D eigenvalue weighted by atomic mass is 79.9. The van der Waals surface area contributed by atoms with Crippen LogP contribution in [0.3, 0.4) is 0 Å². The SMILES string of the molecule is CCCN(Cc1cc(Br)cc(OCc2ccccc2)c1)C(=O)OC(C)(C)C. The first-order valence-electron chi connectivity index (χ1n) is 9.21. The van der Waals surface area contributed by atoms with Gasteiger partial charge in [-0.3, -0.25) is 0 Å². The quantitative estimate of drug-likeness (QED) is 0.523. The van der Waals surface area contributed by atoms with Crippen molar-refractivity contribution in [2.75, 3.05) is 6.54 Å². The molecule has 2 aromatic rings. The Morgan fingerprint density at radius 1 is 1.07 bits per heavy atom. The third-order valence-electron chi connectivity index (χ3n) is 3.70. The van der Waals surface area contributed by atoms with Crippen LogP contribution < -0.4 is 4.74 Å². The molecule has 0 aromatic heterocycles. The zero-order valence-corrected chi connectivity index (χ0v) is 18.1. The normalized spacial score (nSPS) is 11.1. The molecule has 0 spiro atoms. The summed E-state index contributed by atoms with van der Waals surface area (Å²) in [5.74, 6) is 0.767. The summed E-state index contributed by atoms with van der Waals surface area (Å²) in [7, 11) is 0. The molecule has 1 amide bonds. The molecule has 0 unspecified atom stereocenters. The van der Waals surface area contributed by atoms with E-state index in [-0.39, 0.29) is 6.09 Å². The molecular formula is C22H28BrNO3. The van der Waals surface area contributed by atoms with E-state index in [1.165, 1.54) is 0 Å². The summed E-state index contributed by atoms with van der Waals surface area (Å²) < 4.78 is 12.4. The van der Waals surface area contributed by atoms with Crippen LogP contribution in [0.2, 0.25) is 0 Å². The number of carbonyl (C=O) groups excluding carboxylic acids is 1. The van der Waals surface area contributed by atoms with Crippen LogP contribution in [0, 0.1) is 0 Å². The lowest BCUT2D eigenvalue weighted by molar-refractivity contribution is 0.0233. The fourth-order valence-corrected chi connectivity index (χ4v) is 3.11. The van der Waals surface area contributed by atoms with Crippen LogP contribution in [0.25, 0.3) is 0 Å². The van der Waals surface area contributed by atoms with E-state index in [9.17, 15) is 4.79 Å². The first-order chi connectivity index (χ1) is 12.8. The second kappa shape index (κ2) is 9.79. The minimum Gasteiger partial charge on any atom is -0.489 e. The molecule has 0 aliphatic heterocycles. The van der Waals surface area contributed by atoms with Gasteiger partial charge < -0.3 is 14.4 Å². The minimum absolute atomic E-state index is 0.295.